The second kappa shape index (κ2) is 8.75. The number of amides is 1. The van der Waals surface area contributed by atoms with E-state index >= 15 is 0 Å². The van der Waals surface area contributed by atoms with Crippen LogP contribution in [0.15, 0.2) is 84.9 Å². The van der Waals surface area contributed by atoms with Crippen LogP contribution in [0.3, 0.4) is 0 Å². The Kier molecular flexibility index (Phi) is 5.71. The quantitative estimate of drug-likeness (QED) is 0.481. The van der Waals surface area contributed by atoms with Crippen molar-refractivity contribution in [2.24, 2.45) is 0 Å². The first-order valence-corrected chi connectivity index (χ1v) is 9.66. The molecular formula is C25H19FN2O3. The van der Waals surface area contributed by atoms with Crippen LogP contribution in [-0.4, -0.2) is 24.0 Å². The third-order valence-electron chi connectivity index (χ3n) is 4.93. The first-order chi connectivity index (χ1) is 15.1. The summed E-state index contributed by atoms with van der Waals surface area (Å²) in [5.74, 6) is -1.62. The van der Waals surface area contributed by atoms with Gasteiger partial charge in [-0.3, -0.25) is 4.79 Å². The lowest BCUT2D eigenvalue weighted by molar-refractivity contribution is -0.143. The molecule has 5 nitrogen and oxygen atoms in total. The zero-order chi connectivity index (χ0) is 21.8. The number of ether oxygens (including phenoxy) is 1. The first kappa shape index (κ1) is 20.2. The van der Waals surface area contributed by atoms with Gasteiger partial charge in [0.1, 0.15) is 5.82 Å². The molecule has 1 amide bonds. The lowest BCUT2D eigenvalue weighted by Gasteiger charge is -2.18. The van der Waals surface area contributed by atoms with Gasteiger partial charge in [-0.25, -0.2) is 14.2 Å². The monoisotopic (exact) mass is 414 g/mol. The molecule has 0 saturated heterocycles. The first-order valence-electron chi connectivity index (χ1n) is 9.66. The van der Waals surface area contributed by atoms with Gasteiger partial charge in [0.25, 0.3) is 5.91 Å². The molecule has 31 heavy (non-hydrogen) atoms. The second-order valence-corrected chi connectivity index (χ2v) is 6.92. The molecule has 1 N–H and O–H groups in total. The molecule has 0 aliphatic rings. The Balaban J connectivity index is 1.80. The van der Waals surface area contributed by atoms with E-state index in [1.54, 1.807) is 30.3 Å². The van der Waals surface area contributed by atoms with Crippen LogP contribution in [0.2, 0.25) is 0 Å². The summed E-state index contributed by atoms with van der Waals surface area (Å²) in [6.07, 6.45) is 0. The molecule has 0 saturated carbocycles. The zero-order valence-corrected chi connectivity index (χ0v) is 16.7. The Morgan fingerprint density at radius 3 is 2.29 bits per heavy atom. The van der Waals surface area contributed by atoms with E-state index in [0.717, 1.165) is 5.56 Å². The maximum atomic E-state index is 14.0. The molecule has 0 spiro atoms. The average molecular weight is 414 g/mol. The largest absolute Gasteiger partial charge is 0.467 e. The zero-order valence-electron chi connectivity index (χ0n) is 16.7. The van der Waals surface area contributed by atoms with Crippen LogP contribution in [0.1, 0.15) is 22.0 Å². The molecule has 154 valence electrons. The van der Waals surface area contributed by atoms with Gasteiger partial charge in [-0.1, -0.05) is 60.7 Å². The Morgan fingerprint density at radius 1 is 0.935 bits per heavy atom. The molecule has 3 aromatic carbocycles. The molecular weight excluding hydrogens is 395 g/mol. The van der Waals surface area contributed by atoms with E-state index < -0.39 is 23.7 Å². The SMILES string of the molecule is COC(=O)C(NC(=O)c1cc(-c2ccccc2)nc2ccc(F)cc12)c1ccccc1. The highest BCUT2D eigenvalue weighted by Gasteiger charge is 2.25. The van der Waals surface area contributed by atoms with Crippen molar-refractivity contribution in [3.8, 4) is 11.3 Å². The van der Waals surface area contributed by atoms with Crippen molar-refractivity contribution < 1.29 is 18.7 Å². The molecule has 1 heterocycles. The van der Waals surface area contributed by atoms with Crippen molar-refractivity contribution in [2.75, 3.05) is 7.11 Å². The maximum Gasteiger partial charge on any atom is 0.333 e. The summed E-state index contributed by atoms with van der Waals surface area (Å²) < 4.78 is 18.9. The number of aromatic nitrogens is 1. The van der Waals surface area contributed by atoms with Gasteiger partial charge in [0.2, 0.25) is 0 Å². The number of nitrogens with one attached hydrogen (secondary N) is 1. The minimum atomic E-state index is -1.00. The van der Waals surface area contributed by atoms with E-state index in [4.69, 9.17) is 4.74 Å². The van der Waals surface area contributed by atoms with Crippen molar-refractivity contribution >= 4 is 22.8 Å². The van der Waals surface area contributed by atoms with E-state index in [9.17, 15) is 14.0 Å². The summed E-state index contributed by atoms with van der Waals surface area (Å²) in [6.45, 7) is 0. The van der Waals surface area contributed by atoms with Crippen LogP contribution in [0.5, 0.6) is 0 Å². The summed E-state index contributed by atoms with van der Waals surface area (Å²) in [5.41, 5.74) is 2.65. The number of pyridine rings is 1. The summed E-state index contributed by atoms with van der Waals surface area (Å²) in [4.78, 5) is 30.2. The van der Waals surface area contributed by atoms with Gasteiger partial charge < -0.3 is 10.1 Å². The van der Waals surface area contributed by atoms with Gasteiger partial charge in [-0.2, -0.15) is 0 Å². The molecule has 0 radical (unpaired) electrons. The molecule has 6 heteroatoms. The fraction of sp³-hybridized carbons (Fsp3) is 0.0800. The fourth-order valence-corrected chi connectivity index (χ4v) is 3.39. The maximum absolute atomic E-state index is 14.0. The van der Waals surface area contributed by atoms with Gasteiger partial charge in [0.05, 0.1) is 23.9 Å². The van der Waals surface area contributed by atoms with E-state index in [0.29, 0.717) is 22.2 Å². The van der Waals surface area contributed by atoms with Crippen LogP contribution < -0.4 is 5.32 Å². The van der Waals surface area contributed by atoms with Gasteiger partial charge >= 0.3 is 5.97 Å². The van der Waals surface area contributed by atoms with Crippen LogP contribution in [0.25, 0.3) is 22.2 Å². The molecule has 0 aliphatic heterocycles. The van der Waals surface area contributed by atoms with Crippen molar-refractivity contribution in [2.45, 2.75) is 6.04 Å². The van der Waals surface area contributed by atoms with E-state index in [-0.39, 0.29) is 5.56 Å². The minimum Gasteiger partial charge on any atom is -0.467 e. The molecule has 0 fully saturated rings. The third-order valence-corrected chi connectivity index (χ3v) is 4.93. The standard InChI is InChI=1S/C25H19FN2O3/c1-31-25(30)23(17-10-6-3-7-11-17)28-24(29)20-15-22(16-8-4-2-5-9-16)27-21-13-12-18(26)14-19(20)21/h2-15,23H,1H3,(H,28,29). The van der Waals surface area contributed by atoms with Crippen LogP contribution in [0.4, 0.5) is 4.39 Å². The van der Waals surface area contributed by atoms with Crippen LogP contribution in [0, 0.1) is 5.82 Å². The Hall–Kier alpha value is -4.06. The minimum absolute atomic E-state index is 0.216. The molecule has 1 aromatic heterocycles. The number of halogens is 1. The number of esters is 1. The molecule has 4 aromatic rings. The van der Waals surface area contributed by atoms with Crippen LogP contribution >= 0.6 is 0 Å². The Bertz CT molecular complexity index is 1240. The predicted molar refractivity (Wildman–Crippen MR) is 116 cm³/mol. The Labute approximate surface area is 178 Å². The normalized spacial score (nSPS) is 11.7. The fourth-order valence-electron chi connectivity index (χ4n) is 3.39. The lowest BCUT2D eigenvalue weighted by Crippen LogP contribution is -2.34. The number of rotatable bonds is 5. The summed E-state index contributed by atoms with van der Waals surface area (Å²) >= 11 is 0. The van der Waals surface area contributed by atoms with Crippen molar-refractivity contribution in [1.29, 1.82) is 0 Å². The third kappa shape index (κ3) is 4.28. The van der Waals surface area contributed by atoms with E-state index in [2.05, 4.69) is 10.3 Å². The highest BCUT2D eigenvalue weighted by atomic mass is 19.1. The topological polar surface area (TPSA) is 68.3 Å². The highest BCUT2D eigenvalue weighted by Crippen LogP contribution is 2.26. The molecule has 1 unspecified atom stereocenters. The second-order valence-electron chi connectivity index (χ2n) is 6.92. The van der Waals surface area contributed by atoms with Gasteiger partial charge in [0.15, 0.2) is 6.04 Å². The number of nitrogens with zero attached hydrogens (tertiary/aromatic N) is 1. The number of hydrogen-bond donors (Lipinski definition) is 1. The van der Waals surface area contributed by atoms with Gasteiger partial charge in [0, 0.05) is 10.9 Å². The van der Waals surface area contributed by atoms with Crippen molar-refractivity contribution in [3.63, 3.8) is 0 Å². The highest BCUT2D eigenvalue weighted by molar-refractivity contribution is 6.08. The number of carbonyl (C=O) groups excluding carboxylic acids is 2. The summed E-state index contributed by atoms with van der Waals surface area (Å²) in [7, 11) is 1.26. The van der Waals surface area contributed by atoms with E-state index in [1.165, 1.54) is 25.3 Å². The lowest BCUT2D eigenvalue weighted by atomic mass is 10.0. The molecule has 4 rings (SSSR count). The average Bonchev–Trinajstić information content (AvgIpc) is 2.82. The Morgan fingerprint density at radius 2 is 1.61 bits per heavy atom. The molecule has 0 bridgehead atoms. The van der Waals surface area contributed by atoms with E-state index in [1.807, 2.05) is 36.4 Å². The van der Waals surface area contributed by atoms with Gasteiger partial charge in [-0.15, -0.1) is 0 Å². The smallest absolute Gasteiger partial charge is 0.333 e. The summed E-state index contributed by atoms with van der Waals surface area (Å²) in [5, 5.41) is 3.08. The number of benzene rings is 3. The number of fused-ring (bicyclic) bond motifs is 1. The van der Waals surface area contributed by atoms with Crippen molar-refractivity contribution in [1.82, 2.24) is 10.3 Å². The van der Waals surface area contributed by atoms with Crippen molar-refractivity contribution in [3.05, 3.63) is 102 Å². The molecule has 1 atom stereocenters. The summed E-state index contributed by atoms with van der Waals surface area (Å²) in [6, 6.07) is 22.9. The predicted octanol–water partition coefficient (Wildman–Crippen LogP) is 4.69. The molecule has 0 aliphatic carbocycles. The number of carbonyl (C=O) groups is 2. The van der Waals surface area contributed by atoms with Gasteiger partial charge in [-0.05, 0) is 29.8 Å². The number of hydrogen-bond acceptors (Lipinski definition) is 4. The van der Waals surface area contributed by atoms with Crippen LogP contribution in [-0.2, 0) is 9.53 Å². The number of methoxy groups -OCH3 is 1.